The lowest BCUT2D eigenvalue weighted by atomic mass is 9.59. The van der Waals surface area contributed by atoms with Crippen LogP contribution in [0.25, 0.3) is 0 Å². The number of piperazine rings is 1. The van der Waals surface area contributed by atoms with Crippen molar-refractivity contribution in [1.82, 2.24) is 14.7 Å². The van der Waals surface area contributed by atoms with Gasteiger partial charge in [-0.2, -0.15) is 0 Å². The second-order valence-corrected chi connectivity index (χ2v) is 14.3. The summed E-state index contributed by atoms with van der Waals surface area (Å²) in [5.41, 5.74) is 2.51. The molecule has 6 nitrogen and oxygen atoms in total. The summed E-state index contributed by atoms with van der Waals surface area (Å²) in [6.45, 7) is 14.4. The summed E-state index contributed by atoms with van der Waals surface area (Å²) >= 11 is 0. The van der Waals surface area contributed by atoms with Crippen LogP contribution >= 0.6 is 0 Å². The molecule has 0 bridgehead atoms. The molecule has 0 aromatic heterocycles. The minimum absolute atomic E-state index is 0.123. The van der Waals surface area contributed by atoms with Gasteiger partial charge >= 0.3 is 6.09 Å². The summed E-state index contributed by atoms with van der Waals surface area (Å²) in [6.07, 6.45) is 10.6. The maximum absolute atomic E-state index is 13.9. The van der Waals surface area contributed by atoms with E-state index in [1.165, 1.54) is 43.2 Å². The van der Waals surface area contributed by atoms with Gasteiger partial charge in [-0.15, -0.1) is 0 Å². The Hall–Kier alpha value is -2.08. The molecule has 1 unspecified atom stereocenters. The van der Waals surface area contributed by atoms with Gasteiger partial charge in [0.05, 0.1) is 12.6 Å². The Morgan fingerprint density at radius 3 is 2.36 bits per heavy atom. The smallest absolute Gasteiger partial charge is 0.410 e. The van der Waals surface area contributed by atoms with Crippen LogP contribution in [0, 0.1) is 11.3 Å². The van der Waals surface area contributed by atoms with Crippen molar-refractivity contribution in [3.63, 3.8) is 0 Å². The molecule has 2 amide bonds. The maximum Gasteiger partial charge on any atom is 0.410 e. The van der Waals surface area contributed by atoms with E-state index < -0.39 is 5.60 Å². The second kappa shape index (κ2) is 11.4. The minimum atomic E-state index is -0.464. The SMILES string of the molecule is CC(C)c1ccccc1C1CN(CC2CCCCC2)CC(=O)N1C1CC2(CCN(C(=O)OC(C)(C)C)CC2)C1. The molecule has 2 heterocycles. The zero-order valence-corrected chi connectivity index (χ0v) is 25.1. The van der Waals surface area contributed by atoms with Crippen molar-refractivity contribution in [2.75, 3.05) is 32.7 Å². The number of carbonyl (C=O) groups is 2. The first-order valence-electron chi connectivity index (χ1n) is 15.6. The third-order valence-electron chi connectivity index (χ3n) is 9.84. The van der Waals surface area contributed by atoms with Gasteiger partial charge in [0, 0.05) is 32.2 Å². The average molecular weight is 538 g/mol. The van der Waals surface area contributed by atoms with Gasteiger partial charge in [-0.3, -0.25) is 9.69 Å². The Morgan fingerprint density at radius 1 is 1.05 bits per heavy atom. The number of amides is 2. The molecule has 0 N–H and O–H groups in total. The number of rotatable bonds is 5. The third kappa shape index (κ3) is 6.47. The molecule has 6 heteroatoms. The Bertz CT molecular complexity index is 1010. The molecular formula is C33H51N3O3. The van der Waals surface area contributed by atoms with Crippen molar-refractivity contribution >= 4 is 12.0 Å². The number of likely N-dealkylation sites (tertiary alicyclic amines) is 1. The molecular weight excluding hydrogens is 486 g/mol. The molecule has 216 valence electrons. The zero-order valence-electron chi connectivity index (χ0n) is 25.1. The normalized spacial score (nSPS) is 25.3. The number of benzene rings is 1. The molecule has 1 aromatic rings. The topological polar surface area (TPSA) is 53.1 Å². The molecule has 2 aliphatic heterocycles. The standard InChI is InChI=1S/C33H51N3O3/c1-24(2)27-13-9-10-14-28(27)29-22-34(21-25-11-7-6-8-12-25)23-30(37)36(29)26-19-33(20-26)15-17-35(18-16-33)31(38)39-32(3,4)5/h9-10,13-14,24-26,29H,6-8,11-12,15-23H2,1-5H3. The second-order valence-electron chi connectivity index (χ2n) is 14.3. The van der Waals surface area contributed by atoms with Gasteiger partial charge in [-0.25, -0.2) is 4.79 Å². The highest BCUT2D eigenvalue weighted by Gasteiger charge is 2.52. The van der Waals surface area contributed by atoms with E-state index in [9.17, 15) is 9.59 Å². The molecule has 1 spiro atoms. The molecule has 0 radical (unpaired) electrons. The van der Waals surface area contributed by atoms with Crippen molar-refractivity contribution in [2.45, 2.75) is 116 Å². The number of hydrogen-bond donors (Lipinski definition) is 0. The molecule has 5 rings (SSSR count). The average Bonchev–Trinajstić information content (AvgIpc) is 2.87. The van der Waals surface area contributed by atoms with Crippen LogP contribution in [0.5, 0.6) is 0 Å². The lowest BCUT2D eigenvalue weighted by Crippen LogP contribution is -2.62. The zero-order chi connectivity index (χ0) is 27.8. The highest BCUT2D eigenvalue weighted by atomic mass is 16.6. The highest BCUT2D eigenvalue weighted by Crippen LogP contribution is 2.53. The van der Waals surface area contributed by atoms with Crippen LogP contribution in [0.3, 0.4) is 0 Å². The quantitative estimate of drug-likeness (QED) is 0.417. The van der Waals surface area contributed by atoms with Crippen molar-refractivity contribution in [2.24, 2.45) is 11.3 Å². The van der Waals surface area contributed by atoms with Gasteiger partial charge in [0.2, 0.25) is 5.91 Å². The van der Waals surface area contributed by atoms with Crippen LogP contribution in [0.15, 0.2) is 24.3 Å². The van der Waals surface area contributed by atoms with Crippen LogP contribution < -0.4 is 0 Å². The predicted molar refractivity (Wildman–Crippen MR) is 156 cm³/mol. The van der Waals surface area contributed by atoms with Gasteiger partial charge in [0.15, 0.2) is 0 Å². The fraction of sp³-hybridized carbons (Fsp3) is 0.758. The van der Waals surface area contributed by atoms with Crippen molar-refractivity contribution in [3.8, 4) is 0 Å². The number of nitrogens with zero attached hydrogens (tertiary/aromatic N) is 3. The first-order valence-corrected chi connectivity index (χ1v) is 15.6. The summed E-state index contributed by atoms with van der Waals surface area (Å²) in [5, 5.41) is 0. The van der Waals surface area contributed by atoms with Crippen LogP contribution in [0.2, 0.25) is 0 Å². The predicted octanol–water partition coefficient (Wildman–Crippen LogP) is 6.76. The van der Waals surface area contributed by atoms with E-state index in [4.69, 9.17) is 4.74 Å². The largest absolute Gasteiger partial charge is 0.444 e. The van der Waals surface area contributed by atoms with E-state index in [2.05, 4.69) is 47.9 Å². The molecule has 4 aliphatic rings. The lowest BCUT2D eigenvalue weighted by Gasteiger charge is -2.58. The van der Waals surface area contributed by atoms with Gasteiger partial charge in [0.25, 0.3) is 0 Å². The molecule has 2 aliphatic carbocycles. The molecule has 2 saturated heterocycles. The van der Waals surface area contributed by atoms with Crippen molar-refractivity contribution < 1.29 is 14.3 Å². The Kier molecular flexibility index (Phi) is 8.33. The first-order chi connectivity index (χ1) is 18.5. The molecule has 1 aromatic carbocycles. The number of carbonyl (C=O) groups excluding carboxylic acids is 2. The summed E-state index contributed by atoms with van der Waals surface area (Å²) < 4.78 is 5.61. The molecule has 39 heavy (non-hydrogen) atoms. The molecule has 4 fully saturated rings. The highest BCUT2D eigenvalue weighted by molar-refractivity contribution is 5.80. The molecule has 2 saturated carbocycles. The summed E-state index contributed by atoms with van der Waals surface area (Å²) in [6, 6.07) is 9.25. The van der Waals surface area contributed by atoms with Crippen molar-refractivity contribution in [1.29, 1.82) is 0 Å². The summed E-state index contributed by atoms with van der Waals surface area (Å²) in [4.78, 5) is 33.1. The van der Waals surface area contributed by atoms with Crippen molar-refractivity contribution in [3.05, 3.63) is 35.4 Å². The van der Waals surface area contributed by atoms with Gasteiger partial charge in [-0.05, 0) is 87.7 Å². The van der Waals surface area contributed by atoms with Crippen LogP contribution in [0.4, 0.5) is 4.79 Å². The number of piperidine rings is 1. The van der Waals surface area contributed by atoms with E-state index >= 15 is 0 Å². The van der Waals surface area contributed by atoms with Crippen LogP contribution in [-0.4, -0.2) is 71.1 Å². The van der Waals surface area contributed by atoms with E-state index in [0.717, 1.165) is 57.8 Å². The van der Waals surface area contributed by atoms with E-state index in [1.807, 2.05) is 25.7 Å². The Balaban J connectivity index is 1.28. The maximum atomic E-state index is 13.9. The Morgan fingerprint density at radius 2 is 1.72 bits per heavy atom. The monoisotopic (exact) mass is 537 g/mol. The fourth-order valence-corrected chi connectivity index (χ4v) is 7.80. The lowest BCUT2D eigenvalue weighted by molar-refractivity contribution is -0.153. The van der Waals surface area contributed by atoms with E-state index in [1.54, 1.807) is 0 Å². The van der Waals surface area contributed by atoms with Crippen LogP contribution in [0.1, 0.15) is 115 Å². The molecule has 1 atom stereocenters. The Labute approximate surface area is 236 Å². The third-order valence-corrected chi connectivity index (χ3v) is 9.84. The number of ether oxygens (including phenoxy) is 1. The first kappa shape index (κ1) is 28.4. The van der Waals surface area contributed by atoms with Gasteiger partial charge in [-0.1, -0.05) is 57.4 Å². The number of hydrogen-bond acceptors (Lipinski definition) is 4. The van der Waals surface area contributed by atoms with E-state index in [0.29, 0.717) is 24.4 Å². The van der Waals surface area contributed by atoms with Gasteiger partial charge in [0.1, 0.15) is 5.60 Å². The summed E-state index contributed by atoms with van der Waals surface area (Å²) in [7, 11) is 0. The van der Waals surface area contributed by atoms with E-state index in [-0.39, 0.29) is 17.6 Å². The van der Waals surface area contributed by atoms with Gasteiger partial charge < -0.3 is 14.5 Å². The fourth-order valence-electron chi connectivity index (χ4n) is 7.80. The van der Waals surface area contributed by atoms with Crippen LogP contribution in [-0.2, 0) is 9.53 Å². The summed E-state index contributed by atoms with van der Waals surface area (Å²) in [5.74, 6) is 1.48. The minimum Gasteiger partial charge on any atom is -0.444 e.